The number of ether oxygens (including phenoxy) is 1. The zero-order valence-electron chi connectivity index (χ0n) is 11.7. The van der Waals surface area contributed by atoms with Gasteiger partial charge in [0.25, 0.3) is 0 Å². The summed E-state index contributed by atoms with van der Waals surface area (Å²) in [6.45, 7) is 0. The predicted molar refractivity (Wildman–Crippen MR) is 76.5 cm³/mol. The average Bonchev–Trinajstić information content (AvgIpc) is 2.48. The van der Waals surface area contributed by atoms with Crippen LogP contribution in [-0.4, -0.2) is 19.0 Å². The molecule has 2 aromatic carbocycles. The molecule has 0 heterocycles. The molecule has 0 aliphatic rings. The Morgan fingerprint density at radius 3 is 2.59 bits per heavy atom. The van der Waals surface area contributed by atoms with Gasteiger partial charge < -0.3 is 10.1 Å². The fourth-order valence-electron chi connectivity index (χ4n) is 1.89. The first-order chi connectivity index (χ1) is 10.5. The maximum atomic E-state index is 13.7. The molecule has 0 fully saturated rings. The van der Waals surface area contributed by atoms with E-state index in [1.54, 1.807) is 6.07 Å². The maximum absolute atomic E-state index is 13.7. The van der Waals surface area contributed by atoms with Crippen LogP contribution in [0.15, 0.2) is 42.5 Å². The van der Waals surface area contributed by atoms with Gasteiger partial charge in [0.05, 0.1) is 24.8 Å². The Labute approximate surface area is 125 Å². The highest BCUT2D eigenvalue weighted by molar-refractivity contribution is 5.95. The van der Waals surface area contributed by atoms with E-state index in [1.807, 2.05) is 0 Å². The van der Waals surface area contributed by atoms with Gasteiger partial charge in [-0.15, -0.1) is 0 Å². The van der Waals surface area contributed by atoms with E-state index in [0.29, 0.717) is 5.56 Å². The number of methoxy groups -OCH3 is 1. The Bertz CT molecular complexity index is 716. The number of anilines is 1. The standard InChI is InChI=1S/C16H13F2NO3/c1-22-16(21)11-5-6-13(18)14(9-11)19-15(20)8-10-3-2-4-12(17)7-10/h2-7,9H,8H2,1H3,(H,19,20). The van der Waals surface area contributed by atoms with Crippen molar-refractivity contribution in [3.05, 3.63) is 65.2 Å². The predicted octanol–water partition coefficient (Wildman–Crippen LogP) is 2.93. The van der Waals surface area contributed by atoms with Crippen molar-refractivity contribution in [1.29, 1.82) is 0 Å². The number of carbonyl (C=O) groups excluding carboxylic acids is 2. The smallest absolute Gasteiger partial charge is 0.337 e. The van der Waals surface area contributed by atoms with E-state index in [2.05, 4.69) is 10.1 Å². The van der Waals surface area contributed by atoms with Gasteiger partial charge in [0.1, 0.15) is 11.6 Å². The average molecular weight is 305 g/mol. The van der Waals surface area contributed by atoms with E-state index < -0.39 is 23.5 Å². The summed E-state index contributed by atoms with van der Waals surface area (Å²) in [5.74, 6) is -2.29. The van der Waals surface area contributed by atoms with Crippen molar-refractivity contribution >= 4 is 17.6 Å². The summed E-state index contributed by atoms with van der Waals surface area (Å²) in [6, 6.07) is 9.06. The first kappa shape index (κ1) is 15.6. The van der Waals surface area contributed by atoms with E-state index in [9.17, 15) is 18.4 Å². The molecule has 0 aromatic heterocycles. The van der Waals surface area contributed by atoms with E-state index >= 15 is 0 Å². The number of carbonyl (C=O) groups is 2. The summed E-state index contributed by atoms with van der Waals surface area (Å²) in [6.07, 6.45) is -0.111. The van der Waals surface area contributed by atoms with Crippen LogP contribution in [0, 0.1) is 11.6 Å². The highest BCUT2D eigenvalue weighted by Crippen LogP contribution is 2.17. The summed E-state index contributed by atoms with van der Waals surface area (Å²) in [7, 11) is 1.20. The third-order valence-electron chi connectivity index (χ3n) is 2.92. The number of rotatable bonds is 4. The molecule has 0 unspecified atom stereocenters. The number of hydrogen-bond donors (Lipinski definition) is 1. The number of esters is 1. The first-order valence-corrected chi connectivity index (χ1v) is 6.42. The number of hydrogen-bond acceptors (Lipinski definition) is 3. The molecule has 0 aliphatic heterocycles. The van der Waals surface area contributed by atoms with E-state index in [-0.39, 0.29) is 17.7 Å². The van der Waals surface area contributed by atoms with Gasteiger partial charge in [-0.3, -0.25) is 4.79 Å². The van der Waals surface area contributed by atoms with Crippen LogP contribution in [-0.2, 0) is 16.0 Å². The van der Waals surface area contributed by atoms with Gasteiger partial charge >= 0.3 is 5.97 Å². The van der Waals surface area contributed by atoms with Gasteiger partial charge in [0, 0.05) is 0 Å². The van der Waals surface area contributed by atoms with Crippen LogP contribution in [0.2, 0.25) is 0 Å². The van der Waals surface area contributed by atoms with Crippen LogP contribution in [0.5, 0.6) is 0 Å². The number of nitrogens with one attached hydrogen (secondary N) is 1. The molecule has 0 aliphatic carbocycles. The van der Waals surface area contributed by atoms with Gasteiger partial charge in [-0.25, -0.2) is 13.6 Å². The molecule has 0 radical (unpaired) electrons. The van der Waals surface area contributed by atoms with Crippen LogP contribution in [0.4, 0.5) is 14.5 Å². The minimum Gasteiger partial charge on any atom is -0.465 e. The lowest BCUT2D eigenvalue weighted by molar-refractivity contribution is -0.115. The maximum Gasteiger partial charge on any atom is 0.337 e. The molecule has 0 atom stereocenters. The second kappa shape index (κ2) is 6.80. The third kappa shape index (κ3) is 3.88. The zero-order valence-corrected chi connectivity index (χ0v) is 11.7. The van der Waals surface area contributed by atoms with Crippen molar-refractivity contribution in [2.45, 2.75) is 6.42 Å². The second-order valence-corrected chi connectivity index (χ2v) is 4.54. The lowest BCUT2D eigenvalue weighted by atomic mass is 10.1. The Balaban J connectivity index is 2.12. The Hall–Kier alpha value is -2.76. The molecule has 114 valence electrons. The lowest BCUT2D eigenvalue weighted by Crippen LogP contribution is -2.16. The fraction of sp³-hybridized carbons (Fsp3) is 0.125. The van der Waals surface area contributed by atoms with E-state index in [1.165, 1.54) is 37.4 Å². The summed E-state index contributed by atoms with van der Waals surface area (Å²) in [4.78, 5) is 23.3. The fourth-order valence-corrected chi connectivity index (χ4v) is 1.89. The van der Waals surface area contributed by atoms with Crippen molar-refractivity contribution in [3.8, 4) is 0 Å². The lowest BCUT2D eigenvalue weighted by Gasteiger charge is -2.08. The Kier molecular flexibility index (Phi) is 4.83. The van der Waals surface area contributed by atoms with Gasteiger partial charge in [0.15, 0.2) is 0 Å². The Morgan fingerprint density at radius 2 is 1.91 bits per heavy atom. The van der Waals surface area contributed by atoms with E-state index in [4.69, 9.17) is 0 Å². The van der Waals surface area contributed by atoms with Gasteiger partial charge in [-0.1, -0.05) is 12.1 Å². The van der Waals surface area contributed by atoms with Gasteiger partial charge in [-0.05, 0) is 35.9 Å². The molecule has 2 aromatic rings. The molecular weight excluding hydrogens is 292 g/mol. The second-order valence-electron chi connectivity index (χ2n) is 4.54. The zero-order chi connectivity index (χ0) is 16.1. The number of benzene rings is 2. The highest BCUT2D eigenvalue weighted by atomic mass is 19.1. The third-order valence-corrected chi connectivity index (χ3v) is 2.92. The van der Waals surface area contributed by atoms with Crippen molar-refractivity contribution in [3.63, 3.8) is 0 Å². The normalized spacial score (nSPS) is 10.1. The van der Waals surface area contributed by atoms with Crippen LogP contribution in [0.1, 0.15) is 15.9 Å². The van der Waals surface area contributed by atoms with Gasteiger partial charge in [-0.2, -0.15) is 0 Å². The monoisotopic (exact) mass is 305 g/mol. The van der Waals surface area contributed by atoms with Gasteiger partial charge in [0.2, 0.25) is 5.91 Å². The molecule has 6 heteroatoms. The van der Waals surface area contributed by atoms with Crippen molar-refractivity contribution < 1.29 is 23.1 Å². The van der Waals surface area contributed by atoms with Crippen molar-refractivity contribution in [2.75, 3.05) is 12.4 Å². The minimum atomic E-state index is -0.680. The summed E-state index contributed by atoms with van der Waals surface area (Å²) < 4.78 is 31.2. The van der Waals surface area contributed by atoms with Crippen molar-refractivity contribution in [2.24, 2.45) is 0 Å². The Morgan fingerprint density at radius 1 is 1.14 bits per heavy atom. The van der Waals surface area contributed by atoms with Crippen molar-refractivity contribution in [1.82, 2.24) is 0 Å². The first-order valence-electron chi connectivity index (χ1n) is 6.42. The topological polar surface area (TPSA) is 55.4 Å². The summed E-state index contributed by atoms with van der Waals surface area (Å²) in [5.41, 5.74) is 0.441. The molecule has 0 saturated heterocycles. The molecule has 4 nitrogen and oxygen atoms in total. The highest BCUT2D eigenvalue weighted by Gasteiger charge is 2.12. The molecule has 0 spiro atoms. The minimum absolute atomic E-state index is 0.111. The van der Waals surface area contributed by atoms with Crippen LogP contribution >= 0.6 is 0 Å². The molecule has 1 N–H and O–H groups in total. The number of amides is 1. The van der Waals surface area contributed by atoms with Crippen LogP contribution in [0.25, 0.3) is 0 Å². The molecule has 1 amide bonds. The number of halogens is 2. The van der Waals surface area contributed by atoms with E-state index in [0.717, 1.165) is 6.07 Å². The molecule has 0 bridgehead atoms. The summed E-state index contributed by atoms with van der Waals surface area (Å²) in [5, 5.41) is 2.35. The largest absolute Gasteiger partial charge is 0.465 e. The SMILES string of the molecule is COC(=O)c1ccc(F)c(NC(=O)Cc2cccc(F)c2)c1. The summed E-state index contributed by atoms with van der Waals surface area (Å²) >= 11 is 0. The molecule has 0 saturated carbocycles. The molecular formula is C16H13F2NO3. The molecule has 2 rings (SSSR count). The van der Waals surface area contributed by atoms with Crippen LogP contribution in [0.3, 0.4) is 0 Å². The van der Waals surface area contributed by atoms with Crippen LogP contribution < -0.4 is 5.32 Å². The molecule has 22 heavy (non-hydrogen) atoms. The quantitative estimate of drug-likeness (QED) is 0.884.